The zero-order valence-corrected chi connectivity index (χ0v) is 11.3. The maximum Gasteiger partial charge on any atom is 0.419 e. The molecule has 7 heteroatoms. The predicted octanol–water partition coefficient (Wildman–Crippen LogP) is 3.14. The molecule has 3 nitrogen and oxygen atoms in total. The molecule has 0 radical (unpaired) electrons. The minimum atomic E-state index is -4.83. The number of benzene rings is 1. The molecular weight excluding hydrogens is 290 g/mol. The normalized spacial score (nSPS) is 20.3. The Bertz CT molecular complexity index is 524. The predicted molar refractivity (Wildman–Crippen MR) is 67.3 cm³/mol. The van der Waals surface area contributed by atoms with E-state index in [-0.39, 0.29) is 17.7 Å². The van der Waals surface area contributed by atoms with Crippen molar-refractivity contribution in [3.8, 4) is 0 Å². The Balaban J connectivity index is 2.12. The van der Waals surface area contributed by atoms with Crippen molar-refractivity contribution in [2.24, 2.45) is 0 Å². The van der Waals surface area contributed by atoms with Crippen LogP contribution in [-0.2, 0) is 10.9 Å². The monoisotopic (exact) mass is 305 g/mol. The van der Waals surface area contributed by atoms with Gasteiger partial charge in [-0.05, 0) is 38.0 Å². The maximum atomic E-state index is 13.2. The molecule has 2 unspecified atom stereocenters. The number of alkyl halides is 3. The summed E-state index contributed by atoms with van der Waals surface area (Å²) in [6.07, 6.45) is -3.30. The maximum absolute atomic E-state index is 13.2. The van der Waals surface area contributed by atoms with Gasteiger partial charge in [-0.25, -0.2) is 4.39 Å². The molecular formula is C14H15F4NO2. The molecule has 0 saturated carbocycles. The van der Waals surface area contributed by atoms with Gasteiger partial charge in [0.2, 0.25) is 0 Å². The van der Waals surface area contributed by atoms with E-state index >= 15 is 0 Å². The van der Waals surface area contributed by atoms with Gasteiger partial charge < -0.3 is 10.1 Å². The Morgan fingerprint density at radius 3 is 2.71 bits per heavy atom. The van der Waals surface area contributed by atoms with Gasteiger partial charge in [0.05, 0.1) is 17.7 Å². The van der Waals surface area contributed by atoms with Gasteiger partial charge in [0.25, 0.3) is 5.91 Å². The smallest absolute Gasteiger partial charge is 0.376 e. The molecule has 2 atom stereocenters. The molecule has 1 saturated heterocycles. The van der Waals surface area contributed by atoms with Crippen LogP contribution in [0.4, 0.5) is 17.6 Å². The number of hydrogen-bond donors (Lipinski definition) is 1. The van der Waals surface area contributed by atoms with Gasteiger partial charge in [0, 0.05) is 12.2 Å². The van der Waals surface area contributed by atoms with Crippen molar-refractivity contribution in [3.05, 3.63) is 35.1 Å². The Hall–Kier alpha value is -1.63. The lowest BCUT2D eigenvalue weighted by atomic mass is 10.1. The van der Waals surface area contributed by atoms with Crippen molar-refractivity contribution in [3.63, 3.8) is 0 Å². The highest BCUT2D eigenvalue weighted by atomic mass is 19.4. The van der Waals surface area contributed by atoms with E-state index < -0.39 is 23.5 Å². The summed E-state index contributed by atoms with van der Waals surface area (Å²) in [5, 5.41) is 2.58. The molecule has 2 rings (SSSR count). The van der Waals surface area contributed by atoms with Crippen molar-refractivity contribution < 1.29 is 27.1 Å². The van der Waals surface area contributed by atoms with Crippen molar-refractivity contribution in [1.29, 1.82) is 0 Å². The van der Waals surface area contributed by atoms with E-state index in [1.807, 2.05) is 0 Å². The van der Waals surface area contributed by atoms with Crippen LogP contribution in [0.15, 0.2) is 18.2 Å². The number of carbonyl (C=O) groups is 1. The van der Waals surface area contributed by atoms with Crippen LogP contribution < -0.4 is 5.32 Å². The third-order valence-corrected chi connectivity index (χ3v) is 3.42. The van der Waals surface area contributed by atoms with E-state index in [9.17, 15) is 22.4 Å². The second-order valence-electron chi connectivity index (χ2n) is 5.01. The van der Waals surface area contributed by atoms with Crippen LogP contribution in [0.2, 0.25) is 0 Å². The number of nitrogens with one attached hydrogen (secondary N) is 1. The van der Waals surface area contributed by atoms with Gasteiger partial charge in [-0.3, -0.25) is 4.79 Å². The lowest BCUT2D eigenvalue weighted by molar-refractivity contribution is -0.140. The van der Waals surface area contributed by atoms with E-state index in [2.05, 4.69) is 5.32 Å². The molecule has 1 heterocycles. The summed E-state index contributed by atoms with van der Waals surface area (Å²) in [7, 11) is 0. The van der Waals surface area contributed by atoms with Crippen LogP contribution in [0.5, 0.6) is 0 Å². The summed E-state index contributed by atoms with van der Waals surface area (Å²) < 4.78 is 56.4. The summed E-state index contributed by atoms with van der Waals surface area (Å²) in [6, 6.07) is 1.88. The van der Waals surface area contributed by atoms with Gasteiger partial charge >= 0.3 is 6.18 Å². The van der Waals surface area contributed by atoms with Crippen LogP contribution in [0.1, 0.15) is 35.7 Å². The molecule has 0 spiro atoms. The molecule has 1 amide bonds. The number of halogens is 4. The lowest BCUT2D eigenvalue weighted by Gasteiger charge is -2.20. The van der Waals surface area contributed by atoms with E-state index in [1.54, 1.807) is 6.92 Å². The van der Waals surface area contributed by atoms with Gasteiger partial charge in [-0.15, -0.1) is 0 Å². The van der Waals surface area contributed by atoms with E-state index in [0.717, 1.165) is 18.9 Å². The van der Waals surface area contributed by atoms with Crippen molar-refractivity contribution in [2.45, 2.75) is 38.1 Å². The van der Waals surface area contributed by atoms with E-state index in [4.69, 9.17) is 4.74 Å². The van der Waals surface area contributed by atoms with Gasteiger partial charge in [-0.2, -0.15) is 13.2 Å². The topological polar surface area (TPSA) is 38.3 Å². The van der Waals surface area contributed by atoms with Crippen molar-refractivity contribution in [2.75, 3.05) is 6.61 Å². The van der Waals surface area contributed by atoms with Crippen molar-refractivity contribution in [1.82, 2.24) is 5.32 Å². The molecule has 0 bridgehead atoms. The van der Waals surface area contributed by atoms with Gasteiger partial charge in [0.1, 0.15) is 5.82 Å². The fourth-order valence-corrected chi connectivity index (χ4v) is 2.26. The molecule has 1 aliphatic rings. The molecule has 0 aliphatic carbocycles. The molecule has 1 aromatic rings. The number of rotatable bonds is 3. The van der Waals surface area contributed by atoms with Crippen LogP contribution in [0.25, 0.3) is 0 Å². The molecule has 1 aliphatic heterocycles. The summed E-state index contributed by atoms with van der Waals surface area (Å²) in [5.74, 6) is -2.07. The van der Waals surface area contributed by atoms with Crippen LogP contribution in [-0.4, -0.2) is 24.7 Å². The van der Waals surface area contributed by atoms with Crippen molar-refractivity contribution >= 4 is 5.91 Å². The number of hydrogen-bond acceptors (Lipinski definition) is 2. The Morgan fingerprint density at radius 2 is 2.14 bits per heavy atom. The zero-order valence-electron chi connectivity index (χ0n) is 11.3. The third kappa shape index (κ3) is 3.72. The fourth-order valence-electron chi connectivity index (χ4n) is 2.26. The second kappa shape index (κ2) is 6.01. The first-order valence-electron chi connectivity index (χ1n) is 6.58. The average molecular weight is 305 g/mol. The number of amides is 1. The summed E-state index contributed by atoms with van der Waals surface area (Å²) >= 11 is 0. The molecule has 21 heavy (non-hydrogen) atoms. The largest absolute Gasteiger partial charge is 0.419 e. The van der Waals surface area contributed by atoms with Gasteiger partial charge in [0.15, 0.2) is 0 Å². The Morgan fingerprint density at radius 1 is 1.43 bits per heavy atom. The second-order valence-corrected chi connectivity index (χ2v) is 5.01. The summed E-state index contributed by atoms with van der Waals surface area (Å²) in [4.78, 5) is 11.9. The first kappa shape index (κ1) is 15.8. The number of carbonyl (C=O) groups excluding carboxylic acids is 1. The van der Waals surface area contributed by atoms with E-state index in [1.165, 1.54) is 0 Å². The highest BCUT2D eigenvalue weighted by Crippen LogP contribution is 2.31. The number of ether oxygens (including phenoxy) is 1. The first-order chi connectivity index (χ1) is 9.79. The minimum absolute atomic E-state index is 0.142. The Kier molecular flexibility index (Phi) is 4.51. The summed E-state index contributed by atoms with van der Waals surface area (Å²) in [5.41, 5.74) is -1.67. The van der Waals surface area contributed by atoms with Crippen LogP contribution >= 0.6 is 0 Å². The average Bonchev–Trinajstić information content (AvgIpc) is 2.91. The fraction of sp³-hybridized carbons (Fsp3) is 0.500. The quantitative estimate of drug-likeness (QED) is 0.871. The van der Waals surface area contributed by atoms with Crippen LogP contribution in [0.3, 0.4) is 0 Å². The minimum Gasteiger partial charge on any atom is -0.376 e. The lowest BCUT2D eigenvalue weighted by Crippen LogP contribution is -2.40. The molecule has 1 aromatic carbocycles. The molecule has 116 valence electrons. The SMILES string of the molecule is CC(NC(=O)c1ccc(F)c(C(F)(F)F)c1)C1CCCO1. The Labute approximate surface area is 119 Å². The zero-order chi connectivity index (χ0) is 15.6. The van der Waals surface area contributed by atoms with Gasteiger partial charge in [-0.1, -0.05) is 0 Å². The molecule has 0 aromatic heterocycles. The molecule has 1 fully saturated rings. The van der Waals surface area contributed by atoms with Crippen LogP contribution in [0, 0.1) is 5.82 Å². The van der Waals surface area contributed by atoms with E-state index in [0.29, 0.717) is 18.7 Å². The summed E-state index contributed by atoms with van der Waals surface area (Å²) in [6.45, 7) is 2.34. The highest BCUT2D eigenvalue weighted by molar-refractivity contribution is 5.94. The highest BCUT2D eigenvalue weighted by Gasteiger charge is 2.35. The molecule has 1 N–H and O–H groups in total. The third-order valence-electron chi connectivity index (χ3n) is 3.42. The standard InChI is InChI=1S/C14H15F4NO2/c1-8(12-3-2-6-21-12)19-13(20)9-4-5-11(15)10(7-9)14(16,17)18/h4-5,7-8,12H,2-3,6H2,1H3,(H,19,20). The first-order valence-corrected chi connectivity index (χ1v) is 6.58.